The number of esters is 1. The molecule has 0 saturated carbocycles. The van der Waals surface area contributed by atoms with Gasteiger partial charge in [-0.05, 0) is 24.5 Å². The highest BCUT2D eigenvalue weighted by Crippen LogP contribution is 2.04. The van der Waals surface area contributed by atoms with Crippen LogP contribution in [0.15, 0.2) is 0 Å². The van der Waals surface area contributed by atoms with Crippen LogP contribution in [0, 0.1) is 5.92 Å². The molecule has 3 amide bonds. The normalized spacial score (nSPS) is 11.9. The zero-order chi connectivity index (χ0) is 16.3. The van der Waals surface area contributed by atoms with Crippen LogP contribution >= 0.6 is 11.8 Å². The number of carbonyl (C=O) groups is 3. The first-order chi connectivity index (χ1) is 9.86. The second-order valence-electron chi connectivity index (χ2n) is 4.96. The van der Waals surface area contributed by atoms with Crippen LogP contribution in [0.1, 0.15) is 26.7 Å². The molecule has 0 heterocycles. The predicted octanol–water partition coefficient (Wildman–Crippen LogP) is 0.482. The molecule has 0 spiro atoms. The summed E-state index contributed by atoms with van der Waals surface area (Å²) in [6.45, 7) is 4.65. The maximum absolute atomic E-state index is 11.5. The molecule has 21 heavy (non-hydrogen) atoms. The van der Waals surface area contributed by atoms with Crippen LogP contribution in [-0.4, -0.2) is 49.1 Å². The van der Waals surface area contributed by atoms with Gasteiger partial charge in [0.05, 0.1) is 12.9 Å². The van der Waals surface area contributed by atoms with E-state index in [0.717, 1.165) is 6.42 Å². The fourth-order valence-corrected chi connectivity index (χ4v) is 2.15. The maximum atomic E-state index is 11.5. The highest BCUT2D eigenvalue weighted by atomic mass is 32.2. The largest absolute Gasteiger partial charge is 0.468 e. The number of hydrogen-bond acceptors (Lipinski definition) is 6. The maximum Gasteiger partial charge on any atom is 0.322 e. The lowest BCUT2D eigenvalue weighted by atomic mass is 10.1. The first-order valence-corrected chi connectivity index (χ1v) is 8.01. The second kappa shape index (κ2) is 11.4. The zero-order valence-electron chi connectivity index (χ0n) is 12.8. The average Bonchev–Trinajstić information content (AvgIpc) is 2.41. The quantitative estimate of drug-likeness (QED) is 0.421. The number of hydrogen-bond donors (Lipinski definition) is 3. The molecule has 0 radical (unpaired) electrons. The minimum Gasteiger partial charge on any atom is -0.468 e. The van der Waals surface area contributed by atoms with Crippen molar-refractivity contribution in [2.24, 2.45) is 11.7 Å². The number of carbonyl (C=O) groups excluding carboxylic acids is 3. The Kier molecular flexibility index (Phi) is 10.7. The van der Waals surface area contributed by atoms with Gasteiger partial charge in [-0.2, -0.15) is 11.8 Å². The summed E-state index contributed by atoms with van der Waals surface area (Å²) in [5.74, 6) is 0.346. The topological polar surface area (TPSA) is 111 Å². The Balaban J connectivity index is 3.66. The molecular formula is C13H25N3O4S. The van der Waals surface area contributed by atoms with E-state index in [9.17, 15) is 14.4 Å². The van der Waals surface area contributed by atoms with Crippen LogP contribution in [0.4, 0.5) is 4.79 Å². The molecular weight excluding hydrogens is 294 g/mol. The molecule has 8 heteroatoms. The average molecular weight is 319 g/mol. The van der Waals surface area contributed by atoms with Crippen molar-refractivity contribution in [3.05, 3.63) is 0 Å². The van der Waals surface area contributed by atoms with Crippen molar-refractivity contribution in [1.82, 2.24) is 10.6 Å². The Labute approximate surface area is 129 Å². The van der Waals surface area contributed by atoms with Gasteiger partial charge in [0.2, 0.25) is 5.91 Å². The third-order valence-electron chi connectivity index (χ3n) is 2.57. The summed E-state index contributed by atoms with van der Waals surface area (Å²) in [6, 6.07) is -1.16. The van der Waals surface area contributed by atoms with Crippen molar-refractivity contribution in [1.29, 1.82) is 0 Å². The van der Waals surface area contributed by atoms with E-state index in [-0.39, 0.29) is 11.7 Å². The van der Waals surface area contributed by atoms with Crippen LogP contribution in [0.2, 0.25) is 0 Å². The van der Waals surface area contributed by atoms with Gasteiger partial charge in [0.1, 0.15) is 6.04 Å². The molecule has 0 rings (SSSR count). The summed E-state index contributed by atoms with van der Waals surface area (Å²) in [5, 5.41) is 4.86. The number of ether oxygens (including phenoxy) is 1. The van der Waals surface area contributed by atoms with Gasteiger partial charge in [-0.3, -0.25) is 14.9 Å². The SMILES string of the molecule is COC(=O)C(N)CCSCC(=O)NC(=O)NCCC(C)C. The van der Waals surface area contributed by atoms with Crippen molar-refractivity contribution in [3.8, 4) is 0 Å². The highest BCUT2D eigenvalue weighted by molar-refractivity contribution is 7.99. The Bertz CT molecular complexity index is 350. The van der Waals surface area contributed by atoms with Crippen LogP contribution in [0.5, 0.6) is 0 Å². The lowest BCUT2D eigenvalue weighted by Gasteiger charge is -2.09. The first-order valence-electron chi connectivity index (χ1n) is 6.85. The summed E-state index contributed by atoms with van der Waals surface area (Å²) in [6.07, 6.45) is 1.28. The molecule has 7 nitrogen and oxygen atoms in total. The Morgan fingerprint density at radius 3 is 2.48 bits per heavy atom. The van der Waals surface area contributed by atoms with Gasteiger partial charge in [0.25, 0.3) is 0 Å². The van der Waals surface area contributed by atoms with E-state index < -0.39 is 18.0 Å². The van der Waals surface area contributed by atoms with Crippen LogP contribution < -0.4 is 16.4 Å². The molecule has 0 fully saturated rings. The molecule has 0 aromatic heterocycles. The predicted molar refractivity (Wildman–Crippen MR) is 82.9 cm³/mol. The van der Waals surface area contributed by atoms with Crippen molar-refractivity contribution in [2.75, 3.05) is 25.2 Å². The van der Waals surface area contributed by atoms with Crippen LogP contribution in [0.3, 0.4) is 0 Å². The molecule has 1 unspecified atom stereocenters. The van der Waals surface area contributed by atoms with E-state index in [1.54, 1.807) is 0 Å². The lowest BCUT2D eigenvalue weighted by molar-refractivity contribution is -0.142. The van der Waals surface area contributed by atoms with E-state index in [4.69, 9.17) is 5.73 Å². The highest BCUT2D eigenvalue weighted by Gasteiger charge is 2.13. The molecule has 0 saturated heterocycles. The number of amides is 3. The molecule has 1 atom stereocenters. The molecule has 0 aliphatic rings. The van der Waals surface area contributed by atoms with Crippen molar-refractivity contribution in [3.63, 3.8) is 0 Å². The fourth-order valence-electron chi connectivity index (χ4n) is 1.33. The van der Waals surface area contributed by atoms with Crippen LogP contribution in [0.25, 0.3) is 0 Å². The number of nitrogens with one attached hydrogen (secondary N) is 2. The van der Waals surface area contributed by atoms with Gasteiger partial charge in [0.15, 0.2) is 0 Å². The third-order valence-corrected chi connectivity index (χ3v) is 3.56. The number of thioether (sulfide) groups is 1. The summed E-state index contributed by atoms with van der Waals surface area (Å²) < 4.78 is 4.49. The summed E-state index contributed by atoms with van der Waals surface area (Å²) in [5.41, 5.74) is 5.55. The monoisotopic (exact) mass is 319 g/mol. The fraction of sp³-hybridized carbons (Fsp3) is 0.769. The molecule has 0 aliphatic heterocycles. The minimum atomic E-state index is -0.676. The van der Waals surface area contributed by atoms with Crippen molar-refractivity contribution >= 4 is 29.7 Å². The first kappa shape index (κ1) is 19.7. The van der Waals surface area contributed by atoms with Crippen LogP contribution in [-0.2, 0) is 14.3 Å². The molecule has 122 valence electrons. The standard InChI is InChI=1S/C13H25N3O4S/c1-9(2)4-6-15-13(19)16-11(17)8-21-7-5-10(14)12(18)20-3/h9-10H,4-8,14H2,1-3H3,(H2,15,16,17,19). The molecule has 0 aromatic carbocycles. The zero-order valence-corrected chi connectivity index (χ0v) is 13.6. The van der Waals surface area contributed by atoms with Gasteiger partial charge in [-0.1, -0.05) is 13.8 Å². The van der Waals surface area contributed by atoms with E-state index in [0.29, 0.717) is 24.6 Å². The minimum absolute atomic E-state index is 0.144. The van der Waals surface area contributed by atoms with E-state index >= 15 is 0 Å². The lowest BCUT2D eigenvalue weighted by Crippen LogP contribution is -2.41. The van der Waals surface area contributed by atoms with Gasteiger partial charge in [0, 0.05) is 6.54 Å². The third kappa shape index (κ3) is 11.1. The van der Waals surface area contributed by atoms with Gasteiger partial charge < -0.3 is 15.8 Å². The Morgan fingerprint density at radius 1 is 1.24 bits per heavy atom. The number of imide groups is 1. The number of nitrogens with two attached hydrogens (primary N) is 1. The summed E-state index contributed by atoms with van der Waals surface area (Å²) >= 11 is 1.31. The second-order valence-corrected chi connectivity index (χ2v) is 6.06. The van der Waals surface area contributed by atoms with Gasteiger partial charge in [-0.15, -0.1) is 0 Å². The van der Waals surface area contributed by atoms with Crippen molar-refractivity contribution in [2.45, 2.75) is 32.7 Å². The Hall–Kier alpha value is -1.28. The summed E-state index contributed by atoms with van der Waals surface area (Å²) in [7, 11) is 1.28. The summed E-state index contributed by atoms with van der Waals surface area (Å²) in [4.78, 5) is 33.9. The molecule has 4 N–H and O–H groups in total. The number of methoxy groups -OCH3 is 1. The van der Waals surface area contributed by atoms with E-state index in [1.165, 1.54) is 18.9 Å². The van der Waals surface area contributed by atoms with Gasteiger partial charge >= 0.3 is 12.0 Å². The molecule has 0 aliphatic carbocycles. The number of rotatable bonds is 9. The Morgan fingerprint density at radius 2 is 1.90 bits per heavy atom. The van der Waals surface area contributed by atoms with Gasteiger partial charge in [-0.25, -0.2) is 4.79 Å². The molecule has 0 aromatic rings. The smallest absolute Gasteiger partial charge is 0.322 e. The van der Waals surface area contributed by atoms with E-state index in [1.807, 2.05) is 0 Å². The molecule has 0 bridgehead atoms. The van der Waals surface area contributed by atoms with Crippen molar-refractivity contribution < 1.29 is 19.1 Å². The number of urea groups is 1. The van der Waals surface area contributed by atoms with E-state index in [2.05, 4.69) is 29.2 Å².